The minimum absolute atomic E-state index is 0.0931. The van der Waals surface area contributed by atoms with Gasteiger partial charge in [-0.05, 0) is 34.0 Å². The molecule has 0 radical (unpaired) electrons. The van der Waals surface area contributed by atoms with E-state index in [9.17, 15) is 9.59 Å². The Kier molecular flexibility index (Phi) is 4.45. The van der Waals surface area contributed by atoms with Gasteiger partial charge in [0, 0.05) is 30.0 Å². The molecule has 0 spiro atoms. The summed E-state index contributed by atoms with van der Waals surface area (Å²) in [5, 5.41) is 2.45. The molecule has 4 N–H and O–H groups in total. The van der Waals surface area contributed by atoms with Crippen LogP contribution in [0.1, 0.15) is 35.2 Å². The number of carbonyl (C=O) groups excluding carboxylic acids is 2. The van der Waals surface area contributed by atoms with Crippen LogP contribution in [0, 0.1) is 0 Å². The van der Waals surface area contributed by atoms with E-state index in [0.29, 0.717) is 47.6 Å². The Labute approximate surface area is 195 Å². The molecule has 3 aromatic carbocycles. The lowest BCUT2D eigenvalue weighted by Gasteiger charge is -2.19. The molecule has 1 unspecified atom stereocenters. The number of nitrogen functional groups attached to an aromatic ring is 2. The summed E-state index contributed by atoms with van der Waals surface area (Å²) in [6, 6.07) is 13.6. The molecule has 8 nitrogen and oxygen atoms in total. The highest BCUT2D eigenvalue weighted by Gasteiger charge is 2.30. The number of likely N-dealkylation sites (tertiary alicyclic amines) is 1. The van der Waals surface area contributed by atoms with Crippen LogP contribution in [-0.4, -0.2) is 46.3 Å². The van der Waals surface area contributed by atoms with Crippen LogP contribution in [0.25, 0.3) is 32.8 Å². The summed E-state index contributed by atoms with van der Waals surface area (Å²) < 4.78 is 6.06. The van der Waals surface area contributed by atoms with Crippen LogP contribution in [0.3, 0.4) is 0 Å². The number of ether oxygens (including phenoxy) is 1. The third-order valence-corrected chi connectivity index (χ3v) is 6.76. The van der Waals surface area contributed by atoms with E-state index in [4.69, 9.17) is 16.2 Å². The van der Waals surface area contributed by atoms with Gasteiger partial charge in [-0.3, -0.25) is 9.59 Å². The number of carbonyl (C=O) groups is 2. The number of aromatic nitrogens is 2. The van der Waals surface area contributed by atoms with E-state index in [1.54, 1.807) is 4.90 Å². The lowest BCUT2D eigenvalue weighted by molar-refractivity contribution is -0.116. The number of amides is 1. The fourth-order valence-electron chi connectivity index (χ4n) is 5.17. The first-order valence-corrected chi connectivity index (χ1v) is 11.3. The average Bonchev–Trinajstić information content (AvgIpc) is 3.43. The van der Waals surface area contributed by atoms with Crippen LogP contribution in [0.4, 0.5) is 11.8 Å². The molecule has 1 atom stereocenters. The van der Waals surface area contributed by atoms with Crippen molar-refractivity contribution in [1.29, 1.82) is 0 Å². The Hall–Kier alpha value is -4.20. The lowest BCUT2D eigenvalue weighted by Crippen LogP contribution is -2.28. The Bertz CT molecular complexity index is 1530. The van der Waals surface area contributed by atoms with Gasteiger partial charge in [0.05, 0.1) is 24.1 Å². The molecule has 170 valence electrons. The predicted molar refractivity (Wildman–Crippen MR) is 131 cm³/mol. The van der Waals surface area contributed by atoms with Gasteiger partial charge in [0.1, 0.15) is 11.6 Å². The molecule has 2 aliphatic rings. The van der Waals surface area contributed by atoms with Gasteiger partial charge in [0.2, 0.25) is 5.95 Å². The summed E-state index contributed by atoms with van der Waals surface area (Å²) in [6.07, 6.45) is 0.414. The molecular formula is C26H23N5O3. The highest BCUT2D eigenvalue weighted by molar-refractivity contribution is 6.13. The van der Waals surface area contributed by atoms with Gasteiger partial charge in [-0.1, -0.05) is 37.3 Å². The molecule has 1 amide bonds. The van der Waals surface area contributed by atoms with Crippen LogP contribution in [0.5, 0.6) is 5.75 Å². The van der Waals surface area contributed by atoms with Gasteiger partial charge in [-0.25, -0.2) is 4.98 Å². The molecular weight excluding hydrogens is 430 g/mol. The quantitative estimate of drug-likeness (QED) is 0.476. The average molecular weight is 454 g/mol. The number of nitrogens with two attached hydrogens (primary N) is 2. The molecule has 1 aromatic heterocycles. The second-order valence-corrected chi connectivity index (χ2v) is 8.96. The van der Waals surface area contributed by atoms with Gasteiger partial charge in [0.15, 0.2) is 5.78 Å². The molecule has 1 fully saturated rings. The van der Waals surface area contributed by atoms with E-state index in [2.05, 4.69) is 16.9 Å². The minimum atomic E-state index is -0.123. The van der Waals surface area contributed by atoms with Crippen LogP contribution in [0.15, 0.2) is 42.5 Å². The zero-order valence-electron chi connectivity index (χ0n) is 18.7. The summed E-state index contributed by atoms with van der Waals surface area (Å²) in [7, 11) is 0. The number of fused-ring (bicyclic) bond motifs is 4. The van der Waals surface area contributed by atoms with E-state index in [1.165, 1.54) is 0 Å². The summed E-state index contributed by atoms with van der Waals surface area (Å²) in [5.41, 5.74) is 16.3. The molecule has 1 saturated heterocycles. The molecule has 0 saturated carbocycles. The molecule has 6 rings (SSSR count). The standard InChI is InChI=1S/C26H23N5O3/c1-13-12-34-23-21(13)19(10-20-22(23)24(27)30-26(28)29-20)17-6-7-18(16-5-3-2-4-15(16)17)25(33)31-9-8-14(32)11-31/h2-7,10,13H,8-9,11-12H2,1H3,(H4,27,28,29,30). The van der Waals surface area contributed by atoms with Crippen molar-refractivity contribution in [3.8, 4) is 16.9 Å². The summed E-state index contributed by atoms with van der Waals surface area (Å²) in [5.74, 6) is 1.20. The Morgan fingerprint density at radius 2 is 1.88 bits per heavy atom. The molecule has 8 heteroatoms. The van der Waals surface area contributed by atoms with Gasteiger partial charge >= 0.3 is 0 Å². The molecule has 2 aliphatic heterocycles. The monoisotopic (exact) mass is 453 g/mol. The number of anilines is 2. The molecule has 4 aromatic rings. The number of benzene rings is 3. The second-order valence-electron chi connectivity index (χ2n) is 8.96. The highest BCUT2D eigenvalue weighted by Crippen LogP contribution is 2.48. The van der Waals surface area contributed by atoms with Crippen molar-refractivity contribution in [1.82, 2.24) is 14.9 Å². The van der Waals surface area contributed by atoms with Crippen molar-refractivity contribution in [2.45, 2.75) is 19.3 Å². The summed E-state index contributed by atoms with van der Waals surface area (Å²) in [4.78, 5) is 35.2. The fourth-order valence-corrected chi connectivity index (χ4v) is 5.17. The normalized spacial score (nSPS) is 17.4. The number of ketones is 1. The highest BCUT2D eigenvalue weighted by atomic mass is 16.5. The number of rotatable bonds is 2. The molecule has 3 heterocycles. The van der Waals surface area contributed by atoms with Crippen molar-refractivity contribution in [2.75, 3.05) is 31.2 Å². The van der Waals surface area contributed by atoms with E-state index in [1.807, 2.05) is 42.5 Å². The van der Waals surface area contributed by atoms with Gasteiger partial charge in [0.25, 0.3) is 5.91 Å². The molecule has 0 bridgehead atoms. The predicted octanol–water partition coefficient (Wildman–Crippen LogP) is 3.53. The third kappa shape index (κ3) is 2.98. The number of nitrogens with zero attached hydrogens (tertiary/aromatic N) is 3. The van der Waals surface area contributed by atoms with Crippen LogP contribution in [0.2, 0.25) is 0 Å². The van der Waals surface area contributed by atoms with Crippen LogP contribution >= 0.6 is 0 Å². The van der Waals surface area contributed by atoms with Crippen LogP contribution in [-0.2, 0) is 4.79 Å². The number of Topliss-reactive ketones (excluding diaryl/α,β-unsaturated/α-hetero) is 1. The van der Waals surface area contributed by atoms with Crippen molar-refractivity contribution in [2.24, 2.45) is 0 Å². The largest absolute Gasteiger partial charge is 0.492 e. The van der Waals surface area contributed by atoms with E-state index < -0.39 is 0 Å². The lowest BCUT2D eigenvalue weighted by atomic mass is 9.87. The number of hydrogen-bond acceptors (Lipinski definition) is 7. The number of hydrogen-bond donors (Lipinski definition) is 2. The topological polar surface area (TPSA) is 124 Å². The zero-order valence-corrected chi connectivity index (χ0v) is 18.7. The van der Waals surface area contributed by atoms with E-state index in [-0.39, 0.29) is 30.1 Å². The first-order chi connectivity index (χ1) is 16.4. The van der Waals surface area contributed by atoms with E-state index >= 15 is 0 Å². The van der Waals surface area contributed by atoms with Crippen molar-refractivity contribution in [3.05, 3.63) is 53.6 Å². The second kappa shape index (κ2) is 7.41. The first-order valence-electron chi connectivity index (χ1n) is 11.3. The Morgan fingerprint density at radius 1 is 1.09 bits per heavy atom. The van der Waals surface area contributed by atoms with Crippen molar-refractivity contribution < 1.29 is 14.3 Å². The van der Waals surface area contributed by atoms with Gasteiger partial charge < -0.3 is 21.1 Å². The van der Waals surface area contributed by atoms with Gasteiger partial charge in [-0.15, -0.1) is 0 Å². The third-order valence-electron chi connectivity index (χ3n) is 6.76. The van der Waals surface area contributed by atoms with Crippen molar-refractivity contribution >= 4 is 45.1 Å². The van der Waals surface area contributed by atoms with Crippen LogP contribution < -0.4 is 16.2 Å². The van der Waals surface area contributed by atoms with Gasteiger partial charge in [-0.2, -0.15) is 4.98 Å². The minimum Gasteiger partial charge on any atom is -0.492 e. The summed E-state index contributed by atoms with van der Waals surface area (Å²) in [6.45, 7) is 3.27. The maximum absolute atomic E-state index is 13.3. The van der Waals surface area contributed by atoms with Crippen molar-refractivity contribution in [3.63, 3.8) is 0 Å². The maximum atomic E-state index is 13.3. The Morgan fingerprint density at radius 3 is 2.65 bits per heavy atom. The first kappa shape index (κ1) is 20.4. The molecule has 0 aliphatic carbocycles. The Balaban J connectivity index is 1.60. The summed E-state index contributed by atoms with van der Waals surface area (Å²) >= 11 is 0. The zero-order chi connectivity index (χ0) is 23.6. The maximum Gasteiger partial charge on any atom is 0.254 e. The van der Waals surface area contributed by atoms with E-state index in [0.717, 1.165) is 27.5 Å². The SMILES string of the molecule is CC1COc2c1c(-c1ccc(C(=O)N3CCC(=O)C3)c3ccccc13)cc1nc(N)nc(N)c21. The molecule has 34 heavy (non-hydrogen) atoms. The smallest absolute Gasteiger partial charge is 0.254 e. The fraction of sp³-hybridized carbons (Fsp3) is 0.231.